The largest absolute Gasteiger partial charge is 0.310 e. The van der Waals surface area contributed by atoms with E-state index in [1.165, 1.54) is 0 Å². The Kier molecular flexibility index (Phi) is 9.03. The van der Waals surface area contributed by atoms with Gasteiger partial charge in [0.15, 0.2) is 0 Å². The van der Waals surface area contributed by atoms with Crippen molar-refractivity contribution in [3.8, 4) is 11.6 Å². The van der Waals surface area contributed by atoms with Crippen LogP contribution in [0.2, 0.25) is 0 Å². The molecule has 0 aliphatic heterocycles. The third-order valence-electron chi connectivity index (χ3n) is 13.5. The molecule has 0 unspecified atom stereocenters. The summed E-state index contributed by atoms with van der Waals surface area (Å²) in [6, 6.07) is 81.3. The van der Waals surface area contributed by atoms with Crippen molar-refractivity contribution in [1.29, 1.82) is 0 Å². The molecule has 8 heteroatoms. The number of para-hydroxylation sites is 6. The second-order valence-electron chi connectivity index (χ2n) is 17.5. The topological polar surface area (TPSA) is 67.9 Å². The van der Waals surface area contributed by atoms with E-state index in [1.54, 1.807) is 12.4 Å². The smallest absolute Gasteiger partial charge is 0.138 e. The summed E-state index contributed by atoms with van der Waals surface area (Å²) in [6.45, 7) is 0. The van der Waals surface area contributed by atoms with Gasteiger partial charge in [-0.15, -0.1) is 0 Å². The van der Waals surface area contributed by atoms with Crippen LogP contribution >= 0.6 is 0 Å². The van der Waals surface area contributed by atoms with Crippen molar-refractivity contribution in [3.05, 3.63) is 243 Å². The van der Waals surface area contributed by atoms with Gasteiger partial charge >= 0.3 is 0 Å². The second kappa shape index (κ2) is 16.0. The molecule has 0 saturated heterocycles. The minimum Gasteiger partial charge on any atom is -0.310 e. The summed E-state index contributed by atoms with van der Waals surface area (Å²) in [5.74, 6) is 1.58. The Labute approximate surface area is 402 Å². The Bertz CT molecular complexity index is 3950. The van der Waals surface area contributed by atoms with Crippen molar-refractivity contribution < 1.29 is 0 Å². The van der Waals surface area contributed by atoms with Crippen LogP contribution in [-0.2, 0) is 0 Å². The summed E-state index contributed by atoms with van der Waals surface area (Å²) in [7, 11) is 0. The third-order valence-corrected chi connectivity index (χ3v) is 13.5. The Morgan fingerprint density at radius 1 is 0.257 bits per heavy atom. The van der Waals surface area contributed by atoms with Crippen molar-refractivity contribution in [2.45, 2.75) is 0 Å². The van der Waals surface area contributed by atoms with Crippen LogP contribution in [0.3, 0.4) is 0 Å². The van der Waals surface area contributed by atoms with Gasteiger partial charge in [-0.25, -0.2) is 9.97 Å². The molecule has 0 atom stereocenters. The highest BCUT2D eigenvalue weighted by Gasteiger charge is 2.22. The zero-order chi connectivity index (χ0) is 46.1. The van der Waals surface area contributed by atoms with Gasteiger partial charge in [0.2, 0.25) is 0 Å². The van der Waals surface area contributed by atoms with Crippen LogP contribution in [0.1, 0.15) is 0 Å². The first-order valence-corrected chi connectivity index (χ1v) is 23.5. The Balaban J connectivity index is 0.967. The summed E-state index contributed by atoms with van der Waals surface area (Å²) in [4.78, 5) is 25.6. The van der Waals surface area contributed by atoms with E-state index in [2.05, 4.69) is 249 Å². The maximum Gasteiger partial charge on any atom is 0.138 e. The number of nitrogens with zero attached hydrogens (tertiary/aromatic N) is 8. The molecule has 14 rings (SSSR count). The molecule has 0 amide bonds. The first-order chi connectivity index (χ1) is 34.7. The first-order valence-electron chi connectivity index (χ1n) is 23.5. The van der Waals surface area contributed by atoms with Gasteiger partial charge in [-0.2, -0.15) is 0 Å². The van der Waals surface area contributed by atoms with Crippen LogP contribution in [0.25, 0.3) is 88.1 Å². The van der Waals surface area contributed by atoms with Crippen LogP contribution in [-0.4, -0.2) is 29.1 Å². The summed E-state index contributed by atoms with van der Waals surface area (Å²) in [5.41, 5.74) is 13.8. The second-order valence-corrected chi connectivity index (χ2v) is 17.5. The molecule has 0 aliphatic carbocycles. The minimum absolute atomic E-state index is 0.758. The molecule has 0 saturated carbocycles. The van der Waals surface area contributed by atoms with Gasteiger partial charge in [-0.3, -0.25) is 19.1 Å². The standard InChI is InChI=1S/C62H40N8/c1-5-17-41(18-6-1)67(42-19-7-2-8-20-42)45-29-33-55-51(39-45)47-25-13-15-27-53(47)69(55)57-35-31-49-59-60(64-38-37-63-59)50-32-36-58(66-62(50)61(49)65-57)70-54-28-16-14-26-48(54)52-40-46(30-34-56(52)70)68(43-21-9-3-10-22-43)44-23-11-4-12-24-44/h1-40H. The number of hydrogen-bond donors (Lipinski definition) is 0. The lowest BCUT2D eigenvalue weighted by molar-refractivity contribution is 1.09. The Morgan fingerprint density at radius 2 is 0.600 bits per heavy atom. The van der Waals surface area contributed by atoms with Gasteiger partial charge in [0, 0.05) is 78.8 Å². The van der Waals surface area contributed by atoms with Crippen molar-refractivity contribution in [1.82, 2.24) is 29.1 Å². The third kappa shape index (κ3) is 6.24. The van der Waals surface area contributed by atoms with E-state index in [4.69, 9.17) is 19.9 Å². The molecule has 0 radical (unpaired) electrons. The monoisotopic (exact) mass is 896 g/mol. The van der Waals surface area contributed by atoms with Crippen LogP contribution in [0.4, 0.5) is 34.1 Å². The van der Waals surface area contributed by atoms with E-state index in [9.17, 15) is 0 Å². The lowest BCUT2D eigenvalue weighted by Crippen LogP contribution is -2.09. The molecule has 70 heavy (non-hydrogen) atoms. The lowest BCUT2D eigenvalue weighted by atomic mass is 10.1. The number of hydrogen-bond acceptors (Lipinski definition) is 6. The fraction of sp³-hybridized carbons (Fsp3) is 0. The van der Waals surface area contributed by atoms with Gasteiger partial charge in [-0.05, 0) is 121 Å². The van der Waals surface area contributed by atoms with Gasteiger partial charge in [0.1, 0.15) is 22.7 Å². The van der Waals surface area contributed by atoms with Gasteiger partial charge in [0.05, 0.1) is 33.1 Å². The zero-order valence-corrected chi connectivity index (χ0v) is 37.7. The molecule has 0 bridgehead atoms. The molecule has 0 spiro atoms. The van der Waals surface area contributed by atoms with E-state index >= 15 is 0 Å². The normalized spacial score (nSPS) is 11.7. The van der Waals surface area contributed by atoms with E-state index in [0.717, 1.165) is 122 Å². The quantitative estimate of drug-likeness (QED) is 0.142. The fourth-order valence-electron chi connectivity index (χ4n) is 10.5. The van der Waals surface area contributed by atoms with Crippen molar-refractivity contribution in [2.75, 3.05) is 9.80 Å². The summed E-state index contributed by atoms with van der Waals surface area (Å²) in [5, 5.41) is 6.33. The van der Waals surface area contributed by atoms with Gasteiger partial charge in [0.25, 0.3) is 0 Å². The first kappa shape index (κ1) is 39.5. The van der Waals surface area contributed by atoms with Crippen molar-refractivity contribution >= 4 is 111 Å². The zero-order valence-electron chi connectivity index (χ0n) is 37.7. The number of rotatable bonds is 8. The molecular formula is C62H40N8. The molecule has 5 aromatic heterocycles. The number of benzene rings is 9. The van der Waals surface area contributed by atoms with Crippen molar-refractivity contribution in [3.63, 3.8) is 0 Å². The van der Waals surface area contributed by atoms with E-state index < -0.39 is 0 Å². The highest BCUT2D eigenvalue weighted by molar-refractivity contribution is 6.21. The van der Waals surface area contributed by atoms with Crippen LogP contribution in [0.15, 0.2) is 243 Å². The minimum atomic E-state index is 0.758. The average Bonchev–Trinajstić information content (AvgIpc) is 3.94. The predicted molar refractivity (Wildman–Crippen MR) is 288 cm³/mol. The molecule has 8 nitrogen and oxygen atoms in total. The van der Waals surface area contributed by atoms with Crippen LogP contribution in [0, 0.1) is 0 Å². The van der Waals surface area contributed by atoms with E-state index in [-0.39, 0.29) is 0 Å². The number of anilines is 6. The molecule has 0 fully saturated rings. The Hall–Kier alpha value is -9.66. The molecule has 328 valence electrons. The molecule has 5 heterocycles. The lowest BCUT2D eigenvalue weighted by Gasteiger charge is -2.25. The van der Waals surface area contributed by atoms with E-state index in [1.807, 2.05) is 0 Å². The predicted octanol–water partition coefficient (Wildman–Crippen LogP) is 15.9. The highest BCUT2D eigenvalue weighted by Crippen LogP contribution is 2.42. The Morgan fingerprint density at radius 3 is 0.986 bits per heavy atom. The van der Waals surface area contributed by atoms with Gasteiger partial charge in [-0.1, -0.05) is 109 Å². The molecule has 9 aromatic carbocycles. The SMILES string of the molecule is c1ccc(N(c2ccccc2)c2ccc3c(c2)c2ccccc2n3-c2ccc3c4nccnc4c4ccc(-n5c6ccccc6c6cc(N(c7ccccc7)c7ccccc7)ccc65)nc4c3n2)cc1. The van der Waals surface area contributed by atoms with Crippen LogP contribution in [0.5, 0.6) is 0 Å². The molecule has 0 aliphatic rings. The highest BCUT2D eigenvalue weighted by atomic mass is 15.2. The molecule has 14 aromatic rings. The maximum atomic E-state index is 5.59. The number of pyridine rings is 2. The van der Waals surface area contributed by atoms with E-state index in [0.29, 0.717) is 0 Å². The average molecular weight is 897 g/mol. The van der Waals surface area contributed by atoms with Gasteiger partial charge < -0.3 is 9.80 Å². The molecular weight excluding hydrogens is 857 g/mol. The van der Waals surface area contributed by atoms with Crippen LogP contribution < -0.4 is 9.80 Å². The number of aromatic nitrogens is 6. The maximum absolute atomic E-state index is 5.59. The fourth-order valence-corrected chi connectivity index (χ4v) is 10.5. The summed E-state index contributed by atoms with van der Waals surface area (Å²) in [6.07, 6.45) is 3.51. The molecule has 0 N–H and O–H groups in total. The summed E-state index contributed by atoms with van der Waals surface area (Å²) >= 11 is 0. The number of fused-ring (bicyclic) bond motifs is 12. The summed E-state index contributed by atoms with van der Waals surface area (Å²) < 4.78 is 4.55. The van der Waals surface area contributed by atoms with Crippen molar-refractivity contribution in [2.24, 2.45) is 0 Å².